The van der Waals surface area contributed by atoms with Gasteiger partial charge in [0.15, 0.2) is 0 Å². The second kappa shape index (κ2) is 4.97. The van der Waals surface area contributed by atoms with Gasteiger partial charge in [-0.05, 0) is 25.1 Å². The monoisotopic (exact) mass is 227 g/mol. The molecule has 2 N–H and O–H groups in total. The van der Waals surface area contributed by atoms with Crippen LogP contribution in [0.25, 0.3) is 0 Å². The molecule has 0 atom stereocenters. The molecule has 1 aromatic carbocycles. The van der Waals surface area contributed by atoms with Crippen LogP contribution in [0.2, 0.25) is 0 Å². The van der Waals surface area contributed by atoms with Gasteiger partial charge in [0.25, 0.3) is 0 Å². The fourth-order valence-electron chi connectivity index (χ4n) is 1.83. The van der Waals surface area contributed by atoms with Crippen LogP contribution in [0, 0.1) is 6.92 Å². The van der Waals surface area contributed by atoms with Crippen molar-refractivity contribution < 1.29 is 0 Å². The predicted octanol–water partition coefficient (Wildman–Crippen LogP) is 2.62. The van der Waals surface area contributed by atoms with Gasteiger partial charge in [0.2, 0.25) is 0 Å². The van der Waals surface area contributed by atoms with E-state index in [9.17, 15) is 0 Å². The number of pyridine rings is 1. The molecule has 1 heterocycles. The highest BCUT2D eigenvalue weighted by molar-refractivity contribution is 5.65. The molecule has 0 unspecified atom stereocenters. The summed E-state index contributed by atoms with van der Waals surface area (Å²) < 4.78 is 0. The van der Waals surface area contributed by atoms with Crippen molar-refractivity contribution in [2.24, 2.45) is 5.73 Å². The molecule has 0 aliphatic rings. The first-order valence-corrected chi connectivity index (χ1v) is 5.66. The first-order chi connectivity index (χ1) is 8.22. The number of aryl methyl sites for hydroxylation is 1. The van der Waals surface area contributed by atoms with Crippen molar-refractivity contribution >= 4 is 11.4 Å². The molecule has 0 fully saturated rings. The average Bonchev–Trinajstić information content (AvgIpc) is 2.39. The number of hydrogen-bond acceptors (Lipinski definition) is 3. The van der Waals surface area contributed by atoms with Gasteiger partial charge < -0.3 is 10.6 Å². The van der Waals surface area contributed by atoms with Crippen LogP contribution in [0.3, 0.4) is 0 Å². The van der Waals surface area contributed by atoms with E-state index in [0.29, 0.717) is 6.54 Å². The van der Waals surface area contributed by atoms with Crippen LogP contribution >= 0.6 is 0 Å². The normalized spacial score (nSPS) is 10.3. The second-order valence-electron chi connectivity index (χ2n) is 4.05. The Kier molecular flexibility index (Phi) is 3.40. The molecule has 0 amide bonds. The van der Waals surface area contributed by atoms with Crippen LogP contribution in [-0.4, -0.2) is 12.0 Å². The van der Waals surface area contributed by atoms with Crippen molar-refractivity contribution in [2.45, 2.75) is 13.5 Å². The molecule has 1 aromatic heterocycles. The highest BCUT2D eigenvalue weighted by atomic mass is 15.1. The first-order valence-electron chi connectivity index (χ1n) is 5.66. The third-order valence-electron chi connectivity index (χ3n) is 2.82. The molecule has 0 radical (unpaired) electrons. The number of benzene rings is 1. The summed E-state index contributed by atoms with van der Waals surface area (Å²) in [4.78, 5) is 6.42. The third-order valence-corrected chi connectivity index (χ3v) is 2.82. The highest BCUT2D eigenvalue weighted by Gasteiger charge is 2.08. The number of aromatic nitrogens is 1. The maximum Gasteiger partial charge on any atom is 0.0487 e. The molecule has 0 bridgehead atoms. The average molecular weight is 227 g/mol. The van der Waals surface area contributed by atoms with Gasteiger partial charge in [-0.3, -0.25) is 4.98 Å². The zero-order valence-corrected chi connectivity index (χ0v) is 10.2. The van der Waals surface area contributed by atoms with Crippen molar-refractivity contribution in [2.75, 3.05) is 11.9 Å². The lowest BCUT2D eigenvalue weighted by molar-refractivity contribution is 1.01. The zero-order valence-electron chi connectivity index (χ0n) is 10.2. The molecule has 0 saturated carbocycles. The van der Waals surface area contributed by atoms with E-state index >= 15 is 0 Å². The minimum absolute atomic E-state index is 0.500. The molecule has 0 saturated heterocycles. The molecule has 2 rings (SSSR count). The van der Waals surface area contributed by atoms with Gasteiger partial charge >= 0.3 is 0 Å². The van der Waals surface area contributed by atoms with Gasteiger partial charge in [0.05, 0.1) is 0 Å². The molecule has 3 heteroatoms. The van der Waals surface area contributed by atoms with Gasteiger partial charge in [0, 0.05) is 42.4 Å². The standard InChI is InChI=1S/C14H17N3/c1-11-8-14(12(9-15)10-16-11)17(2)13-6-4-3-5-7-13/h3-8,10H,9,15H2,1-2H3. The molecule has 3 nitrogen and oxygen atoms in total. The van der Waals surface area contributed by atoms with Gasteiger partial charge in [-0.25, -0.2) is 0 Å². The number of hydrogen-bond donors (Lipinski definition) is 1. The van der Waals surface area contributed by atoms with Gasteiger partial charge in [-0.2, -0.15) is 0 Å². The molecular weight excluding hydrogens is 210 g/mol. The Labute approximate surface area is 102 Å². The van der Waals surface area contributed by atoms with E-state index in [-0.39, 0.29) is 0 Å². The van der Waals surface area contributed by atoms with Crippen LogP contribution in [0.15, 0.2) is 42.6 Å². The summed E-state index contributed by atoms with van der Waals surface area (Å²) in [6.45, 7) is 2.49. The molecule has 88 valence electrons. The summed E-state index contributed by atoms with van der Waals surface area (Å²) in [6, 6.07) is 12.3. The Hall–Kier alpha value is -1.87. The number of para-hydroxylation sites is 1. The van der Waals surface area contributed by atoms with E-state index < -0.39 is 0 Å². The number of anilines is 2. The lowest BCUT2D eigenvalue weighted by Crippen LogP contribution is -2.14. The maximum atomic E-state index is 5.75. The fourth-order valence-corrected chi connectivity index (χ4v) is 1.83. The van der Waals surface area contributed by atoms with Crippen LogP contribution in [-0.2, 0) is 6.54 Å². The Bertz CT molecular complexity index is 494. The Morgan fingerprint density at radius 1 is 1.24 bits per heavy atom. The van der Waals surface area contributed by atoms with Gasteiger partial charge in [-0.1, -0.05) is 18.2 Å². The third kappa shape index (κ3) is 2.45. The van der Waals surface area contributed by atoms with E-state index in [1.54, 1.807) is 0 Å². The van der Waals surface area contributed by atoms with Crippen molar-refractivity contribution in [1.29, 1.82) is 0 Å². The lowest BCUT2D eigenvalue weighted by Gasteiger charge is -2.22. The van der Waals surface area contributed by atoms with Crippen molar-refractivity contribution in [3.8, 4) is 0 Å². The largest absolute Gasteiger partial charge is 0.344 e. The Morgan fingerprint density at radius 3 is 2.59 bits per heavy atom. The minimum atomic E-state index is 0.500. The van der Waals surface area contributed by atoms with E-state index in [1.165, 1.54) is 0 Å². The summed E-state index contributed by atoms with van der Waals surface area (Å²) in [5.41, 5.74) is 10.1. The van der Waals surface area contributed by atoms with E-state index in [2.05, 4.69) is 28.1 Å². The smallest absolute Gasteiger partial charge is 0.0487 e. The van der Waals surface area contributed by atoms with Crippen molar-refractivity contribution in [1.82, 2.24) is 4.98 Å². The van der Waals surface area contributed by atoms with Crippen LogP contribution in [0.4, 0.5) is 11.4 Å². The number of nitrogens with zero attached hydrogens (tertiary/aromatic N) is 2. The van der Waals surface area contributed by atoms with Crippen molar-refractivity contribution in [3.05, 3.63) is 53.9 Å². The Balaban J connectivity index is 2.43. The van der Waals surface area contributed by atoms with Crippen molar-refractivity contribution in [3.63, 3.8) is 0 Å². The maximum absolute atomic E-state index is 5.75. The fraction of sp³-hybridized carbons (Fsp3) is 0.214. The molecule has 17 heavy (non-hydrogen) atoms. The quantitative estimate of drug-likeness (QED) is 0.876. The summed E-state index contributed by atoms with van der Waals surface area (Å²) in [5.74, 6) is 0. The summed E-state index contributed by atoms with van der Waals surface area (Å²) in [5, 5.41) is 0. The number of nitrogens with two attached hydrogens (primary N) is 1. The molecule has 0 aliphatic carbocycles. The van der Waals surface area contributed by atoms with Crippen LogP contribution in [0.5, 0.6) is 0 Å². The van der Waals surface area contributed by atoms with Gasteiger partial charge in [0.1, 0.15) is 0 Å². The molecule has 0 aliphatic heterocycles. The van der Waals surface area contributed by atoms with E-state index in [4.69, 9.17) is 5.73 Å². The molecular formula is C14H17N3. The number of rotatable bonds is 3. The predicted molar refractivity (Wildman–Crippen MR) is 71.4 cm³/mol. The highest BCUT2D eigenvalue weighted by Crippen LogP contribution is 2.26. The summed E-state index contributed by atoms with van der Waals surface area (Å²) in [6.07, 6.45) is 1.85. The van der Waals surface area contributed by atoms with Crippen LogP contribution < -0.4 is 10.6 Å². The van der Waals surface area contributed by atoms with Gasteiger partial charge in [-0.15, -0.1) is 0 Å². The topological polar surface area (TPSA) is 42.1 Å². The second-order valence-corrected chi connectivity index (χ2v) is 4.05. The lowest BCUT2D eigenvalue weighted by atomic mass is 10.1. The summed E-state index contributed by atoms with van der Waals surface area (Å²) >= 11 is 0. The SMILES string of the molecule is Cc1cc(N(C)c2ccccc2)c(CN)cn1. The molecule has 0 spiro atoms. The molecule has 2 aromatic rings. The van der Waals surface area contributed by atoms with E-state index in [0.717, 1.165) is 22.6 Å². The minimum Gasteiger partial charge on any atom is -0.344 e. The van der Waals surface area contributed by atoms with Crippen LogP contribution in [0.1, 0.15) is 11.3 Å². The zero-order chi connectivity index (χ0) is 12.3. The summed E-state index contributed by atoms with van der Waals surface area (Å²) in [7, 11) is 2.04. The van der Waals surface area contributed by atoms with E-state index in [1.807, 2.05) is 38.4 Å². The Morgan fingerprint density at radius 2 is 1.94 bits per heavy atom. The first kappa shape index (κ1) is 11.6.